The highest BCUT2D eigenvalue weighted by Gasteiger charge is 2.83. The van der Waals surface area contributed by atoms with Crippen molar-refractivity contribution in [3.05, 3.63) is 59.7 Å². The van der Waals surface area contributed by atoms with E-state index in [9.17, 15) is 24.6 Å². The first-order chi connectivity index (χ1) is 25.2. The number of fused-ring (bicyclic) bond motifs is 2. The van der Waals surface area contributed by atoms with Gasteiger partial charge >= 0.3 is 5.97 Å². The van der Waals surface area contributed by atoms with E-state index >= 15 is 0 Å². The van der Waals surface area contributed by atoms with Gasteiger partial charge in [0.2, 0.25) is 0 Å². The van der Waals surface area contributed by atoms with Crippen LogP contribution in [0.5, 0.6) is 0 Å². The highest BCUT2D eigenvalue weighted by molar-refractivity contribution is 6.76. The third-order valence-electron chi connectivity index (χ3n) is 14.3. The van der Waals surface area contributed by atoms with Gasteiger partial charge in [-0.2, -0.15) is 0 Å². The highest BCUT2D eigenvalue weighted by atomic mass is 35.6. The molecule has 5 aliphatic carbocycles. The number of ether oxygens (including phenoxy) is 3. The van der Waals surface area contributed by atoms with Crippen molar-refractivity contribution in [2.75, 3.05) is 44.5 Å². The van der Waals surface area contributed by atoms with Crippen molar-refractivity contribution in [2.45, 2.75) is 72.8 Å². The van der Waals surface area contributed by atoms with Crippen molar-refractivity contribution >= 4 is 64.0 Å². The second-order valence-corrected chi connectivity index (χ2v) is 18.4. The number of carbonyl (C=O) groups is 3. The number of anilines is 2. The summed E-state index contributed by atoms with van der Waals surface area (Å²) >= 11 is 17.2. The molecule has 2 aromatic carbocycles. The van der Waals surface area contributed by atoms with Crippen LogP contribution in [0, 0.1) is 40.4 Å². The molecule has 4 N–H and O–H groups in total. The van der Waals surface area contributed by atoms with Gasteiger partial charge in [-0.3, -0.25) is 14.5 Å². The number of hydrogen-bond acceptors (Lipinski definition) is 9. The van der Waals surface area contributed by atoms with Crippen molar-refractivity contribution in [1.29, 1.82) is 0 Å². The summed E-state index contributed by atoms with van der Waals surface area (Å²) < 4.78 is 16.4. The number of methoxy groups -OCH3 is 2. The SMILES string of the molecule is CCN1C[C@]2(COC(=O)c3ccccc3NC(=O)c3ccccc3NC(=O)C(Cl)(Cl)Cl)CC[C@H](OC)C34C1C(C[C@@H]32)[C@@]1(O)C[C@H](OC)C2C[C@@H]4[C@@H]1[C@H]2O. The van der Waals surface area contributed by atoms with Crippen LogP contribution in [0.4, 0.5) is 11.4 Å². The Morgan fingerprint density at radius 3 is 2.30 bits per heavy atom. The van der Waals surface area contributed by atoms with Gasteiger partial charge in [-0.15, -0.1) is 0 Å². The number of hydrogen-bond donors (Lipinski definition) is 4. The van der Waals surface area contributed by atoms with Gasteiger partial charge in [-0.1, -0.05) is 66.0 Å². The molecule has 286 valence electrons. The van der Waals surface area contributed by atoms with Crippen LogP contribution < -0.4 is 10.6 Å². The molecule has 0 radical (unpaired) electrons. The fourth-order valence-electron chi connectivity index (χ4n) is 12.6. The van der Waals surface area contributed by atoms with E-state index in [0.717, 1.165) is 38.8 Å². The Bertz CT molecular complexity index is 1810. The first-order valence-corrected chi connectivity index (χ1v) is 19.6. The lowest BCUT2D eigenvalue weighted by Gasteiger charge is -2.69. The van der Waals surface area contributed by atoms with Crippen LogP contribution in [0.3, 0.4) is 0 Å². The average Bonchev–Trinajstić information content (AvgIpc) is 3.56. The number of alkyl halides is 3. The Balaban J connectivity index is 1.07. The molecule has 1 aliphatic heterocycles. The van der Waals surface area contributed by atoms with Crippen LogP contribution in [-0.2, 0) is 19.0 Å². The molecule has 11 nitrogen and oxygen atoms in total. The predicted octanol–water partition coefficient (Wildman–Crippen LogP) is 5.30. The summed E-state index contributed by atoms with van der Waals surface area (Å²) in [7, 11) is 3.48. The minimum absolute atomic E-state index is 0.0365. The van der Waals surface area contributed by atoms with Crippen LogP contribution in [0.15, 0.2) is 48.5 Å². The van der Waals surface area contributed by atoms with Gasteiger partial charge in [0.15, 0.2) is 0 Å². The van der Waals surface area contributed by atoms with E-state index in [1.165, 1.54) is 12.1 Å². The maximum atomic E-state index is 14.1. The zero-order valence-corrected chi connectivity index (χ0v) is 32.2. The molecule has 0 aromatic heterocycles. The summed E-state index contributed by atoms with van der Waals surface area (Å²) in [6.45, 7) is 3.82. The van der Waals surface area contributed by atoms with Crippen molar-refractivity contribution in [3.8, 4) is 0 Å². The van der Waals surface area contributed by atoms with E-state index in [1.807, 2.05) is 0 Å². The third kappa shape index (κ3) is 5.43. The number of benzene rings is 2. The number of piperidine rings is 1. The number of likely N-dealkylation sites (tertiary alicyclic amines) is 1. The van der Waals surface area contributed by atoms with Crippen LogP contribution in [0.2, 0.25) is 0 Å². The number of halogens is 3. The van der Waals surface area contributed by atoms with E-state index < -0.39 is 38.7 Å². The number of esters is 1. The van der Waals surface area contributed by atoms with Crippen molar-refractivity contribution < 1.29 is 38.8 Å². The van der Waals surface area contributed by atoms with Crippen LogP contribution in [0.25, 0.3) is 0 Å². The first kappa shape index (κ1) is 37.4. The standard InChI is InChI=1S/C39H46Cl3N3O8/c1-4-45-18-36(14-13-29(52-3)38-23-15-22-27(51-2)17-37(50,30(23)31(22)46)24(32(38)45)16-28(36)38)19-53-34(48)21-10-6-8-12-26(21)43-33(47)20-9-5-7-11-25(20)44-35(49)39(40,41)42/h5-12,22-24,27-32,46,50H,4,13-19H2,1-3H3,(H,43,47)(H,44,49)/t22?,23-,24?,27+,28-,29+,30-,31+,32?,36+,37+,38?/m1/s1. The Morgan fingerprint density at radius 1 is 0.962 bits per heavy atom. The Labute approximate surface area is 323 Å². The first-order valence-electron chi connectivity index (χ1n) is 18.5. The van der Waals surface area contributed by atoms with Gasteiger partial charge in [-0.05, 0) is 68.3 Å². The second kappa shape index (κ2) is 13.3. The molecule has 1 spiro atoms. The summed E-state index contributed by atoms with van der Waals surface area (Å²) in [4.78, 5) is 42.5. The van der Waals surface area contributed by atoms with Gasteiger partial charge < -0.3 is 35.1 Å². The fourth-order valence-corrected chi connectivity index (χ4v) is 12.7. The van der Waals surface area contributed by atoms with E-state index in [0.29, 0.717) is 6.42 Å². The van der Waals surface area contributed by atoms with E-state index in [1.54, 1.807) is 50.6 Å². The molecule has 6 aliphatic rings. The van der Waals surface area contributed by atoms with Gasteiger partial charge in [0.1, 0.15) is 0 Å². The number of para-hydroxylation sites is 2. The molecule has 4 unspecified atom stereocenters. The highest BCUT2D eigenvalue weighted by Crippen LogP contribution is 2.79. The van der Waals surface area contributed by atoms with Crippen LogP contribution in [-0.4, -0.2) is 101 Å². The molecular formula is C39H46Cl3N3O8. The molecule has 6 fully saturated rings. The zero-order chi connectivity index (χ0) is 37.7. The molecule has 1 heterocycles. The van der Waals surface area contributed by atoms with E-state index in [-0.39, 0.29) is 82.4 Å². The molecule has 1 saturated heterocycles. The monoisotopic (exact) mass is 789 g/mol. The number of nitrogens with zero attached hydrogens (tertiary/aromatic N) is 1. The number of nitrogens with one attached hydrogen (secondary N) is 2. The van der Waals surface area contributed by atoms with Gasteiger partial charge in [0.05, 0.1) is 53.0 Å². The molecule has 14 heteroatoms. The molecular weight excluding hydrogens is 745 g/mol. The predicted molar refractivity (Wildman–Crippen MR) is 199 cm³/mol. The lowest BCUT2D eigenvalue weighted by molar-refractivity contribution is -0.275. The topological polar surface area (TPSA) is 147 Å². The summed E-state index contributed by atoms with van der Waals surface area (Å²) in [5.41, 5.74) is -1.13. The van der Waals surface area contributed by atoms with Gasteiger partial charge in [0, 0.05) is 61.8 Å². The summed E-state index contributed by atoms with van der Waals surface area (Å²) in [6, 6.07) is 13.0. The van der Waals surface area contributed by atoms with Crippen molar-refractivity contribution in [2.24, 2.45) is 40.4 Å². The maximum absolute atomic E-state index is 14.1. The number of rotatable bonds is 9. The number of aliphatic hydroxyl groups excluding tert-OH is 1. The maximum Gasteiger partial charge on any atom is 0.340 e. The fraction of sp³-hybridized carbons (Fsp3) is 0.615. The summed E-state index contributed by atoms with van der Waals surface area (Å²) in [6.07, 6.45) is 2.72. The number of carbonyl (C=O) groups excluding carboxylic acids is 3. The average molecular weight is 791 g/mol. The third-order valence-corrected chi connectivity index (χ3v) is 14.8. The van der Waals surface area contributed by atoms with Crippen molar-refractivity contribution in [3.63, 3.8) is 0 Å². The molecule has 12 atom stereocenters. The summed E-state index contributed by atoms with van der Waals surface area (Å²) in [5.74, 6) is -2.31. The molecule has 7 bridgehead atoms. The second-order valence-electron chi connectivity index (χ2n) is 16.1. The lowest BCUT2D eigenvalue weighted by Crippen LogP contribution is -2.76. The normalized spacial score (nSPS) is 39.4. The largest absolute Gasteiger partial charge is 0.461 e. The van der Waals surface area contributed by atoms with E-state index in [4.69, 9.17) is 49.0 Å². The Hall–Kier alpha value is -2.48. The smallest absolute Gasteiger partial charge is 0.340 e. The number of aliphatic hydroxyl groups is 2. The molecule has 5 saturated carbocycles. The van der Waals surface area contributed by atoms with Crippen LogP contribution in [0.1, 0.15) is 59.7 Å². The van der Waals surface area contributed by atoms with Crippen molar-refractivity contribution in [1.82, 2.24) is 4.90 Å². The van der Waals surface area contributed by atoms with E-state index in [2.05, 4.69) is 22.5 Å². The van der Waals surface area contributed by atoms with Gasteiger partial charge in [-0.25, -0.2) is 4.79 Å². The minimum atomic E-state index is -2.24. The lowest BCUT2D eigenvalue weighted by atomic mass is 9.43. The summed E-state index contributed by atoms with van der Waals surface area (Å²) in [5, 5.41) is 29.8. The molecule has 2 amide bonds. The zero-order valence-electron chi connectivity index (χ0n) is 29.9. The molecule has 8 rings (SSSR count). The van der Waals surface area contributed by atoms with Crippen LogP contribution >= 0.6 is 34.8 Å². The Morgan fingerprint density at radius 2 is 1.64 bits per heavy atom. The Kier molecular flexibility index (Phi) is 9.42. The molecule has 2 aromatic rings. The minimum Gasteiger partial charge on any atom is -0.461 e. The number of amides is 2. The molecule has 53 heavy (non-hydrogen) atoms. The van der Waals surface area contributed by atoms with Gasteiger partial charge in [0.25, 0.3) is 15.6 Å². The quantitative estimate of drug-likeness (QED) is 0.196.